The summed E-state index contributed by atoms with van der Waals surface area (Å²) >= 11 is 0. The summed E-state index contributed by atoms with van der Waals surface area (Å²) < 4.78 is 0. The van der Waals surface area contributed by atoms with Gasteiger partial charge in [-0.25, -0.2) is 19.4 Å². The Morgan fingerprint density at radius 1 is 1.23 bits per heavy atom. The van der Waals surface area contributed by atoms with E-state index in [-0.39, 0.29) is 6.42 Å². The minimum Gasteiger partial charge on any atom is -0.307 e. The molecule has 0 bridgehead atoms. The number of hydrogen-bond acceptors (Lipinski definition) is 6. The van der Waals surface area contributed by atoms with E-state index in [1.165, 1.54) is 6.08 Å². The van der Waals surface area contributed by atoms with Gasteiger partial charge in [-0.2, -0.15) is 0 Å². The number of nitrogens with zero attached hydrogens (tertiary/aromatic N) is 2. The third-order valence-corrected chi connectivity index (χ3v) is 1.15. The minimum atomic E-state index is -0.599. The van der Waals surface area contributed by atoms with Crippen molar-refractivity contribution >= 4 is 18.1 Å². The van der Waals surface area contributed by atoms with Gasteiger partial charge in [-0.05, 0) is 12.8 Å². The van der Waals surface area contributed by atoms with Crippen molar-refractivity contribution in [3.05, 3.63) is 0 Å². The molecule has 0 N–H and O–H groups in total. The van der Waals surface area contributed by atoms with Crippen molar-refractivity contribution in [3.63, 3.8) is 0 Å². The second-order valence-corrected chi connectivity index (χ2v) is 2.08. The lowest BCUT2D eigenvalue weighted by Crippen LogP contribution is -1.99. The van der Waals surface area contributed by atoms with E-state index in [0.29, 0.717) is 19.4 Å². The molecule has 13 heavy (non-hydrogen) atoms. The largest absolute Gasteiger partial charge is 0.336 e. The van der Waals surface area contributed by atoms with Gasteiger partial charge in [-0.3, -0.25) is 0 Å². The SMILES string of the molecule is O=C=NCCCCC(=O)ON=C=O. The van der Waals surface area contributed by atoms with Gasteiger partial charge in [0.1, 0.15) is 0 Å². The number of unbranched alkanes of at least 4 members (excludes halogenated alkanes) is 1. The summed E-state index contributed by atoms with van der Waals surface area (Å²) in [5.41, 5.74) is 0. The number of carbonyl (C=O) groups excluding carboxylic acids is 3. The Morgan fingerprint density at radius 3 is 2.62 bits per heavy atom. The van der Waals surface area contributed by atoms with E-state index in [4.69, 9.17) is 0 Å². The van der Waals surface area contributed by atoms with E-state index < -0.39 is 5.97 Å². The van der Waals surface area contributed by atoms with Crippen LogP contribution in [0.5, 0.6) is 0 Å². The zero-order valence-electron chi connectivity index (χ0n) is 6.86. The van der Waals surface area contributed by atoms with Crippen molar-refractivity contribution in [1.82, 2.24) is 0 Å². The van der Waals surface area contributed by atoms with Crippen LogP contribution < -0.4 is 0 Å². The Bertz CT molecular complexity index is 251. The highest BCUT2D eigenvalue weighted by molar-refractivity contribution is 5.69. The van der Waals surface area contributed by atoms with Gasteiger partial charge in [0.2, 0.25) is 6.08 Å². The second kappa shape index (κ2) is 8.33. The lowest BCUT2D eigenvalue weighted by atomic mass is 10.2. The molecule has 0 aromatic heterocycles. The minimum absolute atomic E-state index is 0.138. The molecule has 6 heteroatoms. The molecule has 0 fully saturated rings. The van der Waals surface area contributed by atoms with E-state index in [9.17, 15) is 14.4 Å². The first-order chi connectivity index (χ1) is 6.31. The van der Waals surface area contributed by atoms with Crippen molar-refractivity contribution in [2.75, 3.05) is 6.54 Å². The Kier molecular flexibility index (Phi) is 7.19. The first-order valence-corrected chi connectivity index (χ1v) is 3.62. The Hall–Kier alpha value is -1.77. The molecule has 70 valence electrons. The topological polar surface area (TPSA) is 85.2 Å². The molecule has 0 rings (SSSR count). The number of aliphatic imine (C=N–C) groups is 1. The van der Waals surface area contributed by atoms with Crippen LogP contribution in [-0.2, 0) is 19.2 Å². The lowest BCUT2D eigenvalue weighted by Gasteiger charge is -1.93. The monoisotopic (exact) mass is 184 g/mol. The second-order valence-electron chi connectivity index (χ2n) is 2.08. The molecule has 0 atom stereocenters. The lowest BCUT2D eigenvalue weighted by molar-refractivity contribution is -0.143. The molecule has 0 unspecified atom stereocenters. The highest BCUT2D eigenvalue weighted by Crippen LogP contribution is 1.97. The molecule has 0 aromatic carbocycles. The van der Waals surface area contributed by atoms with Gasteiger partial charge in [0.25, 0.3) is 6.08 Å². The molecule has 0 saturated carbocycles. The standard InChI is InChI=1S/C7H8N2O4/c10-5-8-4-2-1-3-7(12)13-9-6-11/h1-4H2. The fourth-order valence-electron chi connectivity index (χ4n) is 0.621. The Morgan fingerprint density at radius 2 is 2.00 bits per heavy atom. The van der Waals surface area contributed by atoms with Crippen molar-refractivity contribution in [2.45, 2.75) is 19.3 Å². The molecule has 0 radical (unpaired) electrons. The summed E-state index contributed by atoms with van der Waals surface area (Å²) in [5.74, 6) is -0.599. The van der Waals surface area contributed by atoms with Crippen LogP contribution in [0.4, 0.5) is 0 Å². The van der Waals surface area contributed by atoms with Crippen LogP contribution in [-0.4, -0.2) is 24.7 Å². The molecule has 0 saturated heterocycles. The molecular formula is C7H8N2O4. The molecule has 0 spiro atoms. The van der Waals surface area contributed by atoms with Gasteiger partial charge in [-0.1, -0.05) is 0 Å². The molecular weight excluding hydrogens is 176 g/mol. The summed E-state index contributed by atoms with van der Waals surface area (Å²) in [6.45, 7) is 0.341. The first kappa shape index (κ1) is 11.2. The van der Waals surface area contributed by atoms with E-state index in [2.05, 4.69) is 15.0 Å². The third-order valence-electron chi connectivity index (χ3n) is 1.15. The highest BCUT2D eigenvalue weighted by Gasteiger charge is 2.00. The smallest absolute Gasteiger partial charge is 0.307 e. The first-order valence-electron chi connectivity index (χ1n) is 3.62. The van der Waals surface area contributed by atoms with Crippen LogP contribution in [0, 0.1) is 0 Å². The Balaban J connectivity index is 3.36. The summed E-state index contributed by atoms with van der Waals surface area (Å²) in [6.07, 6.45) is 3.71. The van der Waals surface area contributed by atoms with Gasteiger partial charge < -0.3 is 4.84 Å². The average Bonchev–Trinajstić information content (AvgIpc) is 2.14. The predicted octanol–water partition coefficient (Wildman–Crippen LogP) is 0.286. The van der Waals surface area contributed by atoms with Crippen molar-refractivity contribution in [3.8, 4) is 0 Å². The molecule has 0 aliphatic rings. The zero-order valence-corrected chi connectivity index (χ0v) is 6.86. The van der Waals surface area contributed by atoms with Crippen molar-refractivity contribution < 1.29 is 19.2 Å². The Labute approximate surface area is 74.3 Å². The van der Waals surface area contributed by atoms with E-state index in [0.717, 1.165) is 6.08 Å². The molecule has 0 heterocycles. The van der Waals surface area contributed by atoms with Gasteiger partial charge in [-0.15, -0.1) is 0 Å². The molecule has 0 amide bonds. The summed E-state index contributed by atoms with van der Waals surface area (Å²) in [5, 5.41) is 2.65. The molecule has 0 aromatic rings. The number of isocyanates is 2. The maximum atomic E-state index is 10.6. The maximum absolute atomic E-state index is 10.6. The van der Waals surface area contributed by atoms with Crippen LogP contribution >= 0.6 is 0 Å². The van der Waals surface area contributed by atoms with Crippen molar-refractivity contribution in [1.29, 1.82) is 0 Å². The van der Waals surface area contributed by atoms with Gasteiger partial charge in [0, 0.05) is 11.6 Å². The van der Waals surface area contributed by atoms with Crippen LogP contribution in [0.1, 0.15) is 19.3 Å². The molecule has 0 aliphatic carbocycles. The fraction of sp³-hybridized carbons (Fsp3) is 0.571. The summed E-state index contributed by atoms with van der Waals surface area (Å²) in [4.78, 5) is 37.1. The van der Waals surface area contributed by atoms with Gasteiger partial charge in [0.15, 0.2) is 0 Å². The number of hydrogen-bond donors (Lipinski definition) is 0. The predicted molar refractivity (Wildman–Crippen MR) is 41.1 cm³/mol. The zero-order chi connectivity index (χ0) is 9.94. The normalized spacial score (nSPS) is 8.00. The van der Waals surface area contributed by atoms with E-state index in [1.807, 2.05) is 0 Å². The quantitative estimate of drug-likeness (QED) is 0.195. The number of carbonyl (C=O) groups is 1. The van der Waals surface area contributed by atoms with Crippen LogP contribution in [0.3, 0.4) is 0 Å². The van der Waals surface area contributed by atoms with Crippen LogP contribution in [0.2, 0.25) is 0 Å². The average molecular weight is 184 g/mol. The van der Waals surface area contributed by atoms with Crippen LogP contribution in [0.25, 0.3) is 0 Å². The van der Waals surface area contributed by atoms with E-state index in [1.54, 1.807) is 0 Å². The maximum Gasteiger partial charge on any atom is 0.336 e. The highest BCUT2D eigenvalue weighted by atomic mass is 16.7. The summed E-state index contributed by atoms with van der Waals surface area (Å²) in [6, 6.07) is 0. The number of rotatable bonds is 6. The van der Waals surface area contributed by atoms with E-state index >= 15 is 0 Å². The third kappa shape index (κ3) is 8.13. The van der Waals surface area contributed by atoms with Crippen LogP contribution in [0.15, 0.2) is 10.1 Å². The summed E-state index contributed by atoms with van der Waals surface area (Å²) in [7, 11) is 0. The fourth-order valence-corrected chi connectivity index (χ4v) is 0.621. The molecule has 6 nitrogen and oxygen atoms in total. The van der Waals surface area contributed by atoms with Gasteiger partial charge in [0.05, 0.1) is 6.54 Å². The van der Waals surface area contributed by atoms with Gasteiger partial charge >= 0.3 is 5.97 Å². The molecule has 0 aliphatic heterocycles. The van der Waals surface area contributed by atoms with Crippen molar-refractivity contribution in [2.24, 2.45) is 10.1 Å².